The molecule has 77 heavy (non-hydrogen) atoms. The van der Waals surface area contributed by atoms with E-state index >= 15 is 0 Å². The minimum atomic E-state index is -5.56. The SMILES string of the molecule is O=S(=O)([O-])Oc1c2ccccc2c(OS(=O)(=O)[O-])c2c(Nc3ccc4c(c3)c(OS(=O)(=O)[O-])c3ccc5c6ccc7c(OS(=O)(=O)[O-])c8ccccc8c(OS(=O)(=O)[O-])c7c6nc6ccc4c3c65)cccc12.[K+].[K+].[K+].[K+].[K+]. The van der Waals surface area contributed by atoms with E-state index in [1.165, 1.54) is 115 Å². The quantitative estimate of drug-likeness (QED) is 0.0390. The van der Waals surface area contributed by atoms with Gasteiger partial charge in [-0.2, -0.15) is 0 Å². The number of aromatic nitrogens is 1. The van der Waals surface area contributed by atoms with E-state index in [2.05, 4.69) is 5.32 Å². The first-order chi connectivity index (χ1) is 33.8. The smallest absolute Gasteiger partial charge is 0.716 e. The number of nitrogens with one attached hydrogen (secondary N) is 1. The van der Waals surface area contributed by atoms with Crippen molar-refractivity contribution in [1.82, 2.24) is 4.98 Å². The van der Waals surface area contributed by atoms with Crippen molar-refractivity contribution in [1.29, 1.82) is 0 Å². The third kappa shape index (κ3) is 13.5. The molecule has 0 aliphatic carbocycles. The van der Waals surface area contributed by atoms with Gasteiger partial charge in [-0.3, -0.25) is 0 Å². The molecule has 11 aromatic rings. The largest absolute Gasteiger partial charge is 1.00 e. The van der Waals surface area contributed by atoms with Crippen LogP contribution in [0.5, 0.6) is 28.7 Å². The summed E-state index contributed by atoms with van der Waals surface area (Å²) in [4.78, 5) is 4.82. The van der Waals surface area contributed by atoms with Crippen LogP contribution in [0.2, 0.25) is 0 Å². The molecule has 0 atom stereocenters. The minimum Gasteiger partial charge on any atom is -0.716 e. The second-order valence-corrected chi connectivity index (χ2v) is 20.8. The molecular formula is C45H21K5N2O20S5. The summed E-state index contributed by atoms with van der Waals surface area (Å²) in [6, 6.07) is 28.0. The molecule has 22 nitrogen and oxygen atoms in total. The van der Waals surface area contributed by atoms with E-state index in [0.29, 0.717) is 21.5 Å². The van der Waals surface area contributed by atoms with E-state index in [9.17, 15) is 64.9 Å². The van der Waals surface area contributed by atoms with E-state index in [0.717, 1.165) is 0 Å². The van der Waals surface area contributed by atoms with Crippen molar-refractivity contribution >= 4 is 161 Å². The summed E-state index contributed by atoms with van der Waals surface area (Å²) in [5.74, 6) is -2.67. The van der Waals surface area contributed by atoms with Crippen molar-refractivity contribution < 1.29 is 343 Å². The number of hydrogen-bond acceptors (Lipinski definition) is 22. The Hall–Kier alpha value is 0.482. The number of rotatable bonds is 12. The zero-order chi connectivity index (χ0) is 51.0. The fraction of sp³-hybridized carbons (Fsp3) is 0. The Balaban J connectivity index is 0.00000192. The van der Waals surface area contributed by atoms with Crippen LogP contribution in [0.15, 0.2) is 121 Å². The third-order valence-electron chi connectivity index (χ3n) is 11.7. The van der Waals surface area contributed by atoms with Gasteiger partial charge in [-0.1, -0.05) is 84.9 Å². The first-order valence-corrected chi connectivity index (χ1v) is 26.8. The Kier molecular flexibility index (Phi) is 21.5. The molecule has 0 radical (unpaired) electrons. The number of hydrogen-bond donors (Lipinski definition) is 1. The van der Waals surface area contributed by atoms with Crippen LogP contribution in [-0.4, -0.2) is 69.8 Å². The molecule has 0 saturated heterocycles. The second-order valence-electron chi connectivity index (χ2n) is 15.8. The molecule has 0 aliphatic rings. The maximum atomic E-state index is 12.5. The van der Waals surface area contributed by atoms with Crippen LogP contribution in [0.25, 0.3) is 97.2 Å². The van der Waals surface area contributed by atoms with E-state index in [1.807, 2.05) is 0 Å². The van der Waals surface area contributed by atoms with Crippen molar-refractivity contribution in [3.8, 4) is 28.7 Å². The molecule has 0 amide bonds. The van der Waals surface area contributed by atoms with E-state index in [1.54, 1.807) is 6.07 Å². The Morgan fingerprint density at radius 2 is 0.688 bits per heavy atom. The van der Waals surface area contributed by atoms with Crippen molar-refractivity contribution in [3.63, 3.8) is 0 Å². The van der Waals surface area contributed by atoms with Gasteiger partial charge >= 0.3 is 257 Å². The maximum absolute atomic E-state index is 12.5. The normalized spacial score (nSPS) is 12.2. The van der Waals surface area contributed by atoms with Gasteiger partial charge in [-0.25, -0.2) is 47.1 Å². The van der Waals surface area contributed by atoms with Crippen LogP contribution in [0, 0.1) is 0 Å². The second kappa shape index (κ2) is 24.8. The molecule has 0 unspecified atom stereocenters. The molecule has 0 bridgehead atoms. The first kappa shape index (κ1) is 66.6. The summed E-state index contributed by atoms with van der Waals surface area (Å²) in [6.07, 6.45) is 0. The van der Waals surface area contributed by atoms with E-state index in [4.69, 9.17) is 25.9 Å². The molecule has 1 heterocycles. The summed E-state index contributed by atoms with van der Waals surface area (Å²) in [5, 5.41) is 3.62. The zero-order valence-corrected chi connectivity index (χ0v) is 59.9. The molecule has 10 aromatic carbocycles. The average Bonchev–Trinajstić information content (AvgIpc) is 3.28. The summed E-state index contributed by atoms with van der Waals surface area (Å²) in [7, 11) is -27.5. The van der Waals surface area contributed by atoms with Crippen LogP contribution in [-0.2, 0) is 52.0 Å². The third-order valence-corrected chi connectivity index (χ3v) is 13.5. The summed E-state index contributed by atoms with van der Waals surface area (Å²) in [6.45, 7) is 0. The molecule has 32 heteroatoms. The van der Waals surface area contributed by atoms with Gasteiger partial charge in [0.1, 0.15) is 0 Å². The predicted octanol–water partition coefficient (Wildman–Crippen LogP) is -8.14. The van der Waals surface area contributed by atoms with Gasteiger partial charge in [0.15, 0.2) is 28.7 Å². The molecule has 0 saturated carbocycles. The van der Waals surface area contributed by atoms with Crippen LogP contribution in [0.4, 0.5) is 11.4 Å². The Labute approximate surface area is 649 Å². The standard InChI is InChI=1S/C45H26N2O20S5.5K/c48-68(49,50)63-41-26-6-1-3-8-28(26)44(66-71(57,58)59)38-30(41)10-5-11-34(38)46-21-12-13-22-23-18-19-35-37-24(14-16-31(36(23)37)43(33(22)20-21)65-70(54,55)56)25-15-17-32-39(40(25)47-35)45(67-72(60,61)62)29-9-4-2-7-27(29)42(32)64-69(51,52)53;;;;;/h1-20,46H,(H,48,49,50)(H,51,52,53)(H,54,55,56)(H,57,58,59)(H,60,61,62);;;;;/q;5*+1/p-5. The summed E-state index contributed by atoms with van der Waals surface area (Å²) in [5.41, 5.74) is 0.118. The van der Waals surface area contributed by atoms with E-state index < -0.39 is 80.7 Å². The minimum absolute atomic E-state index is 0. The molecular weight excluding hydrogens is 1240 g/mol. The number of fused-ring (bicyclic) bond motifs is 9. The molecule has 366 valence electrons. The summed E-state index contributed by atoms with van der Waals surface area (Å²) >= 11 is 0. The molecule has 1 N–H and O–H groups in total. The molecule has 11 rings (SSSR count). The first-order valence-electron chi connectivity index (χ1n) is 20.2. The van der Waals surface area contributed by atoms with Crippen LogP contribution < -0.4 is 283 Å². The van der Waals surface area contributed by atoms with Gasteiger partial charge in [0.05, 0.1) is 27.5 Å². The summed E-state index contributed by atoms with van der Waals surface area (Å²) < 4.78 is 208. The van der Waals surface area contributed by atoms with Crippen LogP contribution in [0.1, 0.15) is 0 Å². The molecule has 0 aliphatic heterocycles. The van der Waals surface area contributed by atoms with Gasteiger partial charge in [-0.05, 0) is 52.6 Å². The van der Waals surface area contributed by atoms with Gasteiger partial charge < -0.3 is 49.0 Å². The van der Waals surface area contributed by atoms with Crippen molar-refractivity contribution in [2.24, 2.45) is 0 Å². The zero-order valence-electron chi connectivity index (χ0n) is 40.2. The Morgan fingerprint density at radius 1 is 0.325 bits per heavy atom. The van der Waals surface area contributed by atoms with E-state index in [-0.39, 0.29) is 344 Å². The Bertz CT molecular complexity index is 4870. The Morgan fingerprint density at radius 3 is 1.19 bits per heavy atom. The number of pyridine rings is 1. The predicted molar refractivity (Wildman–Crippen MR) is 254 cm³/mol. The van der Waals surface area contributed by atoms with Crippen molar-refractivity contribution in [2.75, 3.05) is 5.32 Å². The monoisotopic (exact) mass is 1260 g/mol. The number of anilines is 2. The fourth-order valence-electron chi connectivity index (χ4n) is 9.38. The van der Waals surface area contributed by atoms with Crippen LogP contribution >= 0.6 is 0 Å². The van der Waals surface area contributed by atoms with Crippen molar-refractivity contribution in [2.45, 2.75) is 0 Å². The van der Waals surface area contributed by atoms with Gasteiger partial charge in [-0.15, -0.1) is 0 Å². The topological polar surface area (TPSA) is 357 Å². The van der Waals surface area contributed by atoms with Gasteiger partial charge in [0.25, 0.3) is 52.0 Å². The van der Waals surface area contributed by atoms with Gasteiger partial charge in [0, 0.05) is 64.9 Å². The molecule has 0 spiro atoms. The fourth-order valence-corrected chi connectivity index (χ4v) is 11.3. The molecule has 1 aromatic heterocycles. The van der Waals surface area contributed by atoms with Crippen LogP contribution in [0.3, 0.4) is 0 Å². The molecule has 0 fully saturated rings. The maximum Gasteiger partial charge on any atom is 1.00 e. The number of benzene rings is 10. The van der Waals surface area contributed by atoms with Gasteiger partial charge in [0.2, 0.25) is 0 Å². The van der Waals surface area contributed by atoms with Crippen molar-refractivity contribution in [3.05, 3.63) is 121 Å². The average molecular weight is 1270 g/mol. The number of nitrogens with zero attached hydrogens (tertiary/aromatic N) is 1.